The van der Waals surface area contributed by atoms with E-state index in [1.54, 1.807) is 0 Å². The maximum Gasteiger partial charge on any atom is 0.145 e. The Hall–Kier alpha value is -4.30. The molecule has 2 aromatic heterocycles. The van der Waals surface area contributed by atoms with Gasteiger partial charge in [-0.25, -0.2) is 0 Å². The van der Waals surface area contributed by atoms with Gasteiger partial charge < -0.3 is 9.40 Å². The molecule has 0 aliphatic rings. The first-order valence-corrected chi connectivity index (χ1v) is 10.9. The fraction of sp³-hybridized carbons (Fsp3) is 0. The van der Waals surface area contributed by atoms with E-state index in [1.807, 2.05) is 12.1 Å². The summed E-state index contributed by atoms with van der Waals surface area (Å²) in [4.78, 5) is 3.61. The Kier molecular flexibility index (Phi) is 3.58. The molecule has 0 bridgehead atoms. The highest BCUT2D eigenvalue weighted by atomic mass is 16.3. The number of para-hydroxylation sites is 1. The second-order valence-electron chi connectivity index (χ2n) is 8.30. The monoisotopic (exact) mass is 409 g/mol. The van der Waals surface area contributed by atoms with Gasteiger partial charge in [0.25, 0.3) is 0 Å². The summed E-state index contributed by atoms with van der Waals surface area (Å²) >= 11 is 0. The van der Waals surface area contributed by atoms with E-state index in [0.29, 0.717) is 0 Å². The minimum atomic E-state index is 0.929. The van der Waals surface area contributed by atoms with Gasteiger partial charge in [0.1, 0.15) is 11.2 Å². The fourth-order valence-electron chi connectivity index (χ4n) is 4.86. The van der Waals surface area contributed by atoms with Crippen molar-refractivity contribution in [1.29, 1.82) is 0 Å². The molecule has 0 radical (unpaired) electrons. The van der Waals surface area contributed by atoms with E-state index in [2.05, 4.69) is 102 Å². The number of nitrogens with one attached hydrogen (secondary N) is 1. The van der Waals surface area contributed by atoms with Crippen molar-refractivity contribution in [1.82, 2.24) is 4.98 Å². The Morgan fingerprint density at radius 1 is 0.469 bits per heavy atom. The molecule has 0 aliphatic heterocycles. The van der Waals surface area contributed by atoms with Crippen LogP contribution in [0.3, 0.4) is 0 Å². The summed E-state index contributed by atoms with van der Waals surface area (Å²) < 4.78 is 6.29. The number of aromatic nitrogens is 1. The molecular formula is C30H19NO. The summed E-state index contributed by atoms with van der Waals surface area (Å²) in [6.45, 7) is 0. The van der Waals surface area contributed by atoms with Gasteiger partial charge in [-0.15, -0.1) is 0 Å². The molecule has 0 fully saturated rings. The predicted octanol–water partition coefficient (Wildman–Crippen LogP) is 8.55. The quantitative estimate of drug-likeness (QED) is 0.304. The minimum absolute atomic E-state index is 0.929. The molecule has 2 heterocycles. The topological polar surface area (TPSA) is 28.9 Å². The number of hydrogen-bond donors (Lipinski definition) is 1. The van der Waals surface area contributed by atoms with Crippen molar-refractivity contribution in [2.24, 2.45) is 0 Å². The lowest BCUT2D eigenvalue weighted by molar-refractivity contribution is 0.673. The summed E-state index contributed by atoms with van der Waals surface area (Å²) in [5.41, 5.74) is 8.96. The van der Waals surface area contributed by atoms with Gasteiger partial charge in [0, 0.05) is 21.7 Å². The zero-order valence-corrected chi connectivity index (χ0v) is 17.3. The molecule has 32 heavy (non-hydrogen) atoms. The van der Waals surface area contributed by atoms with E-state index in [-0.39, 0.29) is 0 Å². The second kappa shape index (κ2) is 6.60. The third-order valence-electron chi connectivity index (χ3n) is 6.41. The number of hydrogen-bond acceptors (Lipinski definition) is 1. The highest BCUT2D eigenvalue weighted by molar-refractivity contribution is 6.23. The minimum Gasteiger partial charge on any atom is -0.455 e. The zero-order chi connectivity index (χ0) is 21.1. The van der Waals surface area contributed by atoms with Crippen molar-refractivity contribution in [2.45, 2.75) is 0 Å². The summed E-state index contributed by atoms with van der Waals surface area (Å²) in [5.74, 6) is 0. The third-order valence-corrected chi connectivity index (χ3v) is 6.41. The van der Waals surface area contributed by atoms with Crippen LogP contribution in [0.15, 0.2) is 114 Å². The molecule has 0 atom stereocenters. The highest BCUT2D eigenvalue weighted by Gasteiger charge is 2.14. The number of fused-ring (bicyclic) bond motifs is 7. The molecule has 1 N–H and O–H groups in total. The van der Waals surface area contributed by atoms with Crippen molar-refractivity contribution < 1.29 is 4.42 Å². The van der Waals surface area contributed by atoms with Crippen LogP contribution < -0.4 is 0 Å². The van der Waals surface area contributed by atoms with E-state index in [9.17, 15) is 0 Å². The van der Waals surface area contributed by atoms with Crippen molar-refractivity contribution in [3.8, 4) is 22.3 Å². The first-order valence-electron chi connectivity index (χ1n) is 10.9. The molecule has 0 spiro atoms. The third kappa shape index (κ3) is 2.53. The van der Waals surface area contributed by atoms with Crippen LogP contribution in [0, 0.1) is 0 Å². The predicted molar refractivity (Wildman–Crippen MR) is 134 cm³/mol. The molecular weight excluding hydrogens is 390 g/mol. The Balaban J connectivity index is 1.43. The molecule has 0 saturated carbocycles. The normalized spacial score (nSPS) is 11.8. The first kappa shape index (κ1) is 17.4. The Labute approximate surface area is 184 Å². The number of H-pyrrole nitrogens is 1. The van der Waals surface area contributed by atoms with Crippen LogP contribution in [0.2, 0.25) is 0 Å². The molecule has 0 unspecified atom stereocenters. The maximum absolute atomic E-state index is 6.29. The smallest absolute Gasteiger partial charge is 0.145 e. The Morgan fingerprint density at radius 3 is 2.09 bits per heavy atom. The molecule has 7 aromatic rings. The molecule has 2 nitrogen and oxygen atoms in total. The number of rotatable bonds is 2. The van der Waals surface area contributed by atoms with Gasteiger partial charge in [-0.05, 0) is 52.6 Å². The molecule has 2 heteroatoms. The van der Waals surface area contributed by atoms with Crippen molar-refractivity contribution >= 4 is 43.7 Å². The van der Waals surface area contributed by atoms with E-state index < -0.39 is 0 Å². The summed E-state index contributed by atoms with van der Waals surface area (Å²) in [5, 5.41) is 4.66. The van der Waals surface area contributed by atoms with Gasteiger partial charge in [-0.3, -0.25) is 0 Å². The van der Waals surface area contributed by atoms with Crippen LogP contribution in [0.4, 0.5) is 0 Å². The molecule has 0 amide bonds. The van der Waals surface area contributed by atoms with Crippen LogP contribution in [-0.2, 0) is 0 Å². The molecule has 0 saturated heterocycles. The highest BCUT2D eigenvalue weighted by Crippen LogP contribution is 2.38. The average Bonchev–Trinajstić information content (AvgIpc) is 3.42. The average molecular weight is 409 g/mol. The zero-order valence-electron chi connectivity index (χ0n) is 17.3. The Bertz CT molecular complexity index is 1770. The van der Waals surface area contributed by atoms with Gasteiger partial charge in [0.2, 0.25) is 0 Å². The van der Waals surface area contributed by atoms with Gasteiger partial charge in [0.05, 0.1) is 10.9 Å². The molecule has 5 aromatic carbocycles. The van der Waals surface area contributed by atoms with Crippen LogP contribution in [0.5, 0.6) is 0 Å². The first-order chi connectivity index (χ1) is 15.8. The second-order valence-corrected chi connectivity index (χ2v) is 8.30. The molecule has 0 aliphatic carbocycles. The van der Waals surface area contributed by atoms with Crippen molar-refractivity contribution in [3.05, 3.63) is 109 Å². The van der Waals surface area contributed by atoms with Gasteiger partial charge in [-0.2, -0.15) is 0 Å². The summed E-state index contributed by atoms with van der Waals surface area (Å²) in [7, 11) is 0. The lowest BCUT2D eigenvalue weighted by Crippen LogP contribution is -1.81. The van der Waals surface area contributed by atoms with E-state index >= 15 is 0 Å². The van der Waals surface area contributed by atoms with Crippen molar-refractivity contribution in [3.63, 3.8) is 0 Å². The number of aromatic amines is 1. The lowest BCUT2D eigenvalue weighted by atomic mass is 9.98. The van der Waals surface area contributed by atoms with E-state index in [4.69, 9.17) is 4.42 Å². The SMILES string of the molecule is c1ccc(-c2cccc(-c3ccc4c(c3)[nH]c3ccc5c6ccccc6oc5c34)c2)cc1. The van der Waals surface area contributed by atoms with Crippen molar-refractivity contribution in [2.75, 3.05) is 0 Å². The van der Waals surface area contributed by atoms with Crippen LogP contribution in [0.1, 0.15) is 0 Å². The van der Waals surface area contributed by atoms with Gasteiger partial charge in [0.15, 0.2) is 0 Å². The fourth-order valence-corrected chi connectivity index (χ4v) is 4.86. The van der Waals surface area contributed by atoms with Gasteiger partial charge >= 0.3 is 0 Å². The summed E-state index contributed by atoms with van der Waals surface area (Å²) in [6, 6.07) is 38.5. The largest absolute Gasteiger partial charge is 0.455 e. The van der Waals surface area contributed by atoms with E-state index in [1.165, 1.54) is 27.6 Å². The molecule has 150 valence electrons. The standard InChI is InChI=1S/C30H19NO/c1-2-7-19(8-3-1)20-9-6-10-21(17-20)22-13-14-25-27(18-22)31-26-16-15-24-23-11-4-5-12-28(23)32-30(24)29(25)26/h1-18,31H. The number of furan rings is 1. The lowest BCUT2D eigenvalue weighted by Gasteiger charge is -2.06. The van der Waals surface area contributed by atoms with E-state index in [0.717, 1.165) is 38.4 Å². The van der Waals surface area contributed by atoms with Crippen LogP contribution in [0.25, 0.3) is 66.0 Å². The van der Waals surface area contributed by atoms with Gasteiger partial charge in [-0.1, -0.05) is 78.9 Å². The summed E-state index contributed by atoms with van der Waals surface area (Å²) in [6.07, 6.45) is 0. The Morgan fingerprint density at radius 2 is 1.19 bits per heavy atom. The van der Waals surface area contributed by atoms with Crippen LogP contribution in [-0.4, -0.2) is 4.98 Å². The number of benzene rings is 5. The van der Waals surface area contributed by atoms with Crippen LogP contribution >= 0.6 is 0 Å². The molecule has 7 rings (SSSR count). The maximum atomic E-state index is 6.29.